The van der Waals surface area contributed by atoms with Gasteiger partial charge in [0.15, 0.2) is 6.61 Å². The van der Waals surface area contributed by atoms with Crippen LogP contribution in [-0.2, 0) is 4.79 Å². The maximum Gasteiger partial charge on any atom is 0.276 e. The van der Waals surface area contributed by atoms with Crippen molar-refractivity contribution >= 4 is 11.8 Å². The van der Waals surface area contributed by atoms with E-state index in [1.165, 1.54) is 0 Å². The number of hydrazine groups is 1. The Morgan fingerprint density at radius 3 is 2.43 bits per heavy atom. The summed E-state index contributed by atoms with van der Waals surface area (Å²) in [5, 5.41) is 0. The van der Waals surface area contributed by atoms with Crippen molar-refractivity contribution in [2.24, 2.45) is 5.92 Å². The number of carbonyl (C=O) groups is 2. The summed E-state index contributed by atoms with van der Waals surface area (Å²) in [5.74, 6) is 1.26. The summed E-state index contributed by atoms with van der Waals surface area (Å²) >= 11 is 0. The number of hydrogen-bond donors (Lipinski definition) is 2. The summed E-state index contributed by atoms with van der Waals surface area (Å²) in [4.78, 5) is 24.4. The third-order valence-corrected chi connectivity index (χ3v) is 4.53. The van der Waals surface area contributed by atoms with Crippen molar-refractivity contribution < 1.29 is 19.1 Å². The highest BCUT2D eigenvalue weighted by Gasteiger charge is 2.12. The minimum atomic E-state index is -0.441. The van der Waals surface area contributed by atoms with Gasteiger partial charge in [-0.2, -0.15) is 0 Å². The molecule has 0 unspecified atom stereocenters. The van der Waals surface area contributed by atoms with Crippen molar-refractivity contribution in [3.8, 4) is 11.5 Å². The van der Waals surface area contributed by atoms with Gasteiger partial charge < -0.3 is 9.47 Å². The van der Waals surface area contributed by atoms with E-state index in [1.807, 2.05) is 25.1 Å². The van der Waals surface area contributed by atoms with Crippen molar-refractivity contribution in [3.05, 3.63) is 59.2 Å². The zero-order valence-corrected chi connectivity index (χ0v) is 18.5. The van der Waals surface area contributed by atoms with Crippen LogP contribution in [0.4, 0.5) is 0 Å². The smallest absolute Gasteiger partial charge is 0.276 e. The Kier molecular flexibility index (Phi) is 8.71. The molecule has 0 atom stereocenters. The number of amides is 2. The molecular weight excluding hydrogens is 380 g/mol. The third-order valence-electron chi connectivity index (χ3n) is 4.53. The molecule has 0 spiro atoms. The Balaban J connectivity index is 1.85. The Morgan fingerprint density at radius 2 is 1.73 bits per heavy atom. The van der Waals surface area contributed by atoms with Crippen LogP contribution in [0.25, 0.3) is 0 Å². The van der Waals surface area contributed by atoms with Gasteiger partial charge in [0, 0.05) is 5.56 Å². The first kappa shape index (κ1) is 23.3. The number of ether oxygens (including phenoxy) is 2. The molecule has 0 saturated heterocycles. The average Bonchev–Trinajstić information content (AvgIpc) is 2.70. The molecule has 6 nitrogen and oxygen atoms in total. The SMILES string of the molecule is Cc1ccc(C(C)C)c(OCC(=O)NNC(=O)c2cccc(OCCC(C)C)c2)c1. The molecule has 0 radical (unpaired) electrons. The lowest BCUT2D eigenvalue weighted by atomic mass is 10.0. The molecule has 2 amide bonds. The molecular formula is C24H32N2O4. The lowest BCUT2D eigenvalue weighted by molar-refractivity contribution is -0.123. The van der Waals surface area contributed by atoms with Crippen molar-refractivity contribution in [2.75, 3.05) is 13.2 Å². The molecule has 2 aromatic carbocycles. The molecule has 2 rings (SSSR count). The molecule has 0 heterocycles. The van der Waals surface area contributed by atoms with Crippen LogP contribution in [0, 0.1) is 12.8 Å². The molecule has 0 aliphatic carbocycles. The fourth-order valence-corrected chi connectivity index (χ4v) is 2.76. The molecule has 6 heteroatoms. The minimum absolute atomic E-state index is 0.193. The van der Waals surface area contributed by atoms with E-state index in [-0.39, 0.29) is 12.5 Å². The second kappa shape index (κ2) is 11.2. The topological polar surface area (TPSA) is 76.7 Å². The number of benzene rings is 2. The highest BCUT2D eigenvalue weighted by molar-refractivity contribution is 5.95. The monoisotopic (exact) mass is 412 g/mol. The molecule has 2 N–H and O–H groups in total. The van der Waals surface area contributed by atoms with Gasteiger partial charge in [-0.15, -0.1) is 0 Å². The van der Waals surface area contributed by atoms with Crippen LogP contribution in [0.15, 0.2) is 42.5 Å². The highest BCUT2D eigenvalue weighted by atomic mass is 16.5. The Bertz CT molecular complexity index is 862. The van der Waals surface area contributed by atoms with E-state index in [1.54, 1.807) is 24.3 Å². The molecule has 0 aliphatic rings. The average molecular weight is 413 g/mol. The largest absolute Gasteiger partial charge is 0.494 e. The van der Waals surface area contributed by atoms with E-state index >= 15 is 0 Å². The van der Waals surface area contributed by atoms with Gasteiger partial charge in [0.2, 0.25) is 0 Å². The number of carbonyl (C=O) groups excluding carboxylic acids is 2. The zero-order chi connectivity index (χ0) is 22.1. The number of rotatable bonds is 9. The van der Waals surface area contributed by atoms with Gasteiger partial charge in [0.05, 0.1) is 6.61 Å². The van der Waals surface area contributed by atoms with Crippen molar-refractivity contribution in [1.82, 2.24) is 10.9 Å². The maximum atomic E-state index is 12.3. The summed E-state index contributed by atoms with van der Waals surface area (Å²) in [6.07, 6.45) is 0.936. The molecule has 30 heavy (non-hydrogen) atoms. The fraction of sp³-hybridized carbons (Fsp3) is 0.417. The van der Waals surface area contributed by atoms with Gasteiger partial charge in [0.1, 0.15) is 11.5 Å². The van der Waals surface area contributed by atoms with Crippen LogP contribution in [0.1, 0.15) is 61.5 Å². The van der Waals surface area contributed by atoms with E-state index in [0.717, 1.165) is 17.5 Å². The number of aryl methyl sites for hydroxylation is 1. The molecule has 0 bridgehead atoms. The van der Waals surface area contributed by atoms with E-state index < -0.39 is 11.8 Å². The quantitative estimate of drug-likeness (QED) is 0.599. The maximum absolute atomic E-state index is 12.3. The van der Waals surface area contributed by atoms with Crippen molar-refractivity contribution in [1.29, 1.82) is 0 Å². The summed E-state index contributed by atoms with van der Waals surface area (Å²) in [5.41, 5.74) is 7.29. The van der Waals surface area contributed by atoms with Crippen LogP contribution >= 0.6 is 0 Å². The molecule has 0 aromatic heterocycles. The number of hydrogen-bond acceptors (Lipinski definition) is 4. The van der Waals surface area contributed by atoms with Crippen LogP contribution in [0.3, 0.4) is 0 Å². The van der Waals surface area contributed by atoms with Gasteiger partial charge in [-0.3, -0.25) is 20.4 Å². The molecule has 0 saturated carbocycles. The van der Waals surface area contributed by atoms with Gasteiger partial charge in [-0.25, -0.2) is 0 Å². The summed E-state index contributed by atoms with van der Waals surface area (Å²) in [6.45, 7) is 10.8. The summed E-state index contributed by atoms with van der Waals surface area (Å²) in [7, 11) is 0. The molecule has 0 fully saturated rings. The van der Waals surface area contributed by atoms with Crippen LogP contribution in [0.5, 0.6) is 11.5 Å². The van der Waals surface area contributed by atoms with Gasteiger partial charge in [-0.05, 0) is 60.6 Å². The minimum Gasteiger partial charge on any atom is -0.494 e. The third kappa shape index (κ3) is 7.43. The van der Waals surface area contributed by atoms with Crippen LogP contribution in [-0.4, -0.2) is 25.0 Å². The van der Waals surface area contributed by atoms with Crippen LogP contribution < -0.4 is 20.3 Å². The normalized spacial score (nSPS) is 10.8. The van der Waals surface area contributed by atoms with E-state index in [9.17, 15) is 9.59 Å². The lowest BCUT2D eigenvalue weighted by Gasteiger charge is -2.15. The van der Waals surface area contributed by atoms with Gasteiger partial charge in [-0.1, -0.05) is 45.9 Å². The van der Waals surface area contributed by atoms with E-state index in [4.69, 9.17) is 9.47 Å². The molecule has 162 valence electrons. The standard InChI is InChI=1S/C24H32N2O4/c1-16(2)11-12-29-20-8-6-7-19(14-20)24(28)26-25-23(27)15-30-22-13-18(5)9-10-21(22)17(3)4/h6-10,13-14,16-17H,11-12,15H2,1-5H3,(H,25,27)(H,26,28). The lowest BCUT2D eigenvalue weighted by Crippen LogP contribution is -2.43. The predicted molar refractivity (Wildman–Crippen MR) is 118 cm³/mol. The second-order valence-corrected chi connectivity index (χ2v) is 8.05. The van der Waals surface area contributed by atoms with E-state index in [2.05, 4.69) is 38.5 Å². The first-order valence-corrected chi connectivity index (χ1v) is 10.3. The van der Waals surface area contributed by atoms with Gasteiger partial charge >= 0.3 is 0 Å². The Labute approximate surface area is 178 Å². The first-order chi connectivity index (χ1) is 14.3. The van der Waals surface area contributed by atoms with Gasteiger partial charge in [0.25, 0.3) is 11.8 Å². The zero-order valence-electron chi connectivity index (χ0n) is 18.5. The van der Waals surface area contributed by atoms with E-state index in [0.29, 0.717) is 29.6 Å². The van der Waals surface area contributed by atoms with Crippen molar-refractivity contribution in [3.63, 3.8) is 0 Å². The molecule has 2 aromatic rings. The Hall–Kier alpha value is -3.02. The summed E-state index contributed by atoms with van der Waals surface area (Å²) < 4.78 is 11.4. The summed E-state index contributed by atoms with van der Waals surface area (Å²) in [6, 6.07) is 12.8. The van der Waals surface area contributed by atoms with Crippen molar-refractivity contribution in [2.45, 2.75) is 47.0 Å². The number of nitrogens with one attached hydrogen (secondary N) is 2. The first-order valence-electron chi connectivity index (χ1n) is 10.3. The Morgan fingerprint density at radius 1 is 0.967 bits per heavy atom. The predicted octanol–water partition coefficient (Wildman–Crippen LogP) is 4.38. The highest BCUT2D eigenvalue weighted by Crippen LogP contribution is 2.27. The second-order valence-electron chi connectivity index (χ2n) is 8.05. The molecule has 0 aliphatic heterocycles. The van der Waals surface area contributed by atoms with Crippen LogP contribution in [0.2, 0.25) is 0 Å². The fourth-order valence-electron chi connectivity index (χ4n) is 2.76.